The van der Waals surface area contributed by atoms with Gasteiger partial charge in [0.25, 0.3) is 0 Å². The zero-order valence-corrected chi connectivity index (χ0v) is 16.1. The first-order chi connectivity index (χ1) is 13.6. The molecule has 0 saturated carbocycles. The normalized spacial score (nSPS) is 16.1. The van der Waals surface area contributed by atoms with Crippen molar-refractivity contribution in [2.24, 2.45) is 0 Å². The molecule has 3 heterocycles. The average Bonchev–Trinajstić information content (AvgIpc) is 3.33. The van der Waals surface area contributed by atoms with Crippen molar-refractivity contribution in [2.45, 2.75) is 19.6 Å². The molecular weight excluding hydrogens is 385 g/mol. The van der Waals surface area contributed by atoms with Crippen LogP contribution in [0.3, 0.4) is 0 Å². The Balaban J connectivity index is 1.31. The standard InChI is InChI=1S/C20H21F3N4S/c21-16-3-1-2-15(12-16)18-5-4-17(28-18)13-25-8-10-26(11-9-25)14-19-24-6-7-27(19)20(22)23/h1-7,12,20H,8-11,13-14H2. The maximum Gasteiger partial charge on any atom is 0.319 e. The number of benzene rings is 1. The Bertz CT molecular complexity index is 916. The summed E-state index contributed by atoms with van der Waals surface area (Å²) in [5.41, 5.74) is 0.899. The molecule has 1 fully saturated rings. The Kier molecular flexibility index (Phi) is 5.79. The zero-order valence-electron chi connectivity index (χ0n) is 15.3. The smallest absolute Gasteiger partial charge is 0.296 e. The lowest BCUT2D eigenvalue weighted by atomic mass is 10.2. The molecule has 8 heteroatoms. The fraction of sp³-hybridized carbons (Fsp3) is 0.350. The SMILES string of the molecule is Fc1cccc(-c2ccc(CN3CCN(Cc4nccn4C(F)F)CC3)s2)c1. The summed E-state index contributed by atoms with van der Waals surface area (Å²) in [4.78, 5) is 10.9. The van der Waals surface area contributed by atoms with Gasteiger partial charge >= 0.3 is 6.55 Å². The summed E-state index contributed by atoms with van der Waals surface area (Å²) in [5, 5.41) is 0. The highest BCUT2D eigenvalue weighted by molar-refractivity contribution is 7.15. The molecule has 0 unspecified atom stereocenters. The number of imidazole rings is 1. The second-order valence-corrected chi connectivity index (χ2v) is 8.03. The number of halogens is 3. The van der Waals surface area contributed by atoms with Gasteiger partial charge in [0, 0.05) is 54.9 Å². The van der Waals surface area contributed by atoms with E-state index in [4.69, 9.17) is 0 Å². The van der Waals surface area contributed by atoms with E-state index in [0.717, 1.165) is 47.7 Å². The van der Waals surface area contributed by atoms with Crippen LogP contribution < -0.4 is 0 Å². The highest BCUT2D eigenvalue weighted by Crippen LogP contribution is 2.29. The van der Waals surface area contributed by atoms with Gasteiger partial charge in [-0.15, -0.1) is 11.3 Å². The van der Waals surface area contributed by atoms with Crippen LogP contribution in [-0.2, 0) is 13.1 Å². The Labute approximate surface area is 165 Å². The molecule has 1 aromatic carbocycles. The Morgan fingerprint density at radius 1 is 1.00 bits per heavy atom. The minimum atomic E-state index is -2.55. The summed E-state index contributed by atoms with van der Waals surface area (Å²) < 4.78 is 40.2. The van der Waals surface area contributed by atoms with Crippen molar-refractivity contribution in [1.29, 1.82) is 0 Å². The third-order valence-corrected chi connectivity index (χ3v) is 6.06. The molecule has 0 spiro atoms. The molecule has 0 radical (unpaired) electrons. The predicted octanol–water partition coefficient (Wildman–Crippen LogP) is 4.46. The number of alkyl halides is 2. The van der Waals surface area contributed by atoms with Crippen LogP contribution in [0.1, 0.15) is 17.3 Å². The van der Waals surface area contributed by atoms with Gasteiger partial charge in [-0.05, 0) is 29.8 Å². The van der Waals surface area contributed by atoms with Gasteiger partial charge in [0.2, 0.25) is 0 Å². The number of piperazine rings is 1. The van der Waals surface area contributed by atoms with Gasteiger partial charge in [-0.1, -0.05) is 12.1 Å². The van der Waals surface area contributed by atoms with E-state index < -0.39 is 6.55 Å². The Morgan fingerprint density at radius 2 is 1.75 bits per heavy atom. The van der Waals surface area contributed by atoms with E-state index in [9.17, 15) is 13.2 Å². The average molecular weight is 406 g/mol. The molecule has 0 bridgehead atoms. The highest BCUT2D eigenvalue weighted by Gasteiger charge is 2.20. The highest BCUT2D eigenvalue weighted by atomic mass is 32.1. The molecule has 0 atom stereocenters. The molecule has 1 aliphatic rings. The third kappa shape index (κ3) is 4.45. The summed E-state index contributed by atoms with van der Waals surface area (Å²) in [6.45, 7) is 2.12. The minimum Gasteiger partial charge on any atom is -0.296 e. The Hall–Kier alpha value is -2.16. The van der Waals surface area contributed by atoms with Crippen molar-refractivity contribution in [3.05, 3.63) is 65.3 Å². The van der Waals surface area contributed by atoms with Crippen LogP contribution in [0.2, 0.25) is 0 Å². The molecule has 3 aromatic rings. The van der Waals surface area contributed by atoms with E-state index in [1.807, 2.05) is 12.1 Å². The third-order valence-electron chi connectivity index (χ3n) is 4.94. The predicted molar refractivity (Wildman–Crippen MR) is 104 cm³/mol. The summed E-state index contributed by atoms with van der Waals surface area (Å²) in [6, 6.07) is 10.8. The number of nitrogens with zero attached hydrogens (tertiary/aromatic N) is 4. The topological polar surface area (TPSA) is 24.3 Å². The van der Waals surface area contributed by atoms with Crippen molar-refractivity contribution in [2.75, 3.05) is 26.2 Å². The van der Waals surface area contributed by atoms with Crippen molar-refractivity contribution >= 4 is 11.3 Å². The van der Waals surface area contributed by atoms with Crippen molar-refractivity contribution in [3.8, 4) is 10.4 Å². The largest absolute Gasteiger partial charge is 0.319 e. The molecule has 2 aromatic heterocycles. The first-order valence-electron chi connectivity index (χ1n) is 9.18. The molecule has 0 amide bonds. The fourth-order valence-corrected chi connectivity index (χ4v) is 4.48. The van der Waals surface area contributed by atoms with Gasteiger partial charge in [-0.2, -0.15) is 8.78 Å². The lowest BCUT2D eigenvalue weighted by Gasteiger charge is -2.34. The number of hydrogen-bond acceptors (Lipinski definition) is 4. The van der Waals surface area contributed by atoms with Gasteiger partial charge in [0.15, 0.2) is 0 Å². The maximum atomic E-state index is 13.4. The summed E-state index contributed by atoms with van der Waals surface area (Å²) in [7, 11) is 0. The van der Waals surface area contributed by atoms with Crippen LogP contribution >= 0.6 is 11.3 Å². The molecular formula is C20H21F3N4S. The second kappa shape index (κ2) is 8.46. The van der Waals surface area contributed by atoms with E-state index in [2.05, 4.69) is 20.9 Å². The second-order valence-electron chi connectivity index (χ2n) is 6.86. The number of hydrogen-bond donors (Lipinski definition) is 0. The number of rotatable bonds is 6. The van der Waals surface area contributed by atoms with Crippen LogP contribution in [-0.4, -0.2) is 45.5 Å². The van der Waals surface area contributed by atoms with Crippen molar-refractivity contribution in [3.63, 3.8) is 0 Å². The first kappa shape index (κ1) is 19.2. The van der Waals surface area contributed by atoms with Crippen LogP contribution in [0.5, 0.6) is 0 Å². The van der Waals surface area contributed by atoms with E-state index in [0.29, 0.717) is 12.4 Å². The number of thiophene rings is 1. The lowest BCUT2D eigenvalue weighted by molar-refractivity contribution is 0.0603. The zero-order chi connectivity index (χ0) is 19.5. The molecule has 0 aliphatic carbocycles. The maximum absolute atomic E-state index is 13.4. The van der Waals surface area contributed by atoms with Crippen LogP contribution in [0.25, 0.3) is 10.4 Å². The first-order valence-corrected chi connectivity index (χ1v) is 9.99. The monoisotopic (exact) mass is 406 g/mol. The summed E-state index contributed by atoms with van der Waals surface area (Å²) in [5.74, 6) is 0.178. The molecule has 4 rings (SSSR count). The minimum absolute atomic E-state index is 0.226. The van der Waals surface area contributed by atoms with Gasteiger partial charge in [0.1, 0.15) is 11.6 Å². The quantitative estimate of drug-likeness (QED) is 0.604. The molecule has 148 valence electrons. The molecule has 28 heavy (non-hydrogen) atoms. The van der Waals surface area contributed by atoms with Gasteiger partial charge in [-0.25, -0.2) is 9.37 Å². The van der Waals surface area contributed by atoms with E-state index >= 15 is 0 Å². The fourth-order valence-electron chi connectivity index (χ4n) is 3.43. The molecule has 0 N–H and O–H groups in total. The van der Waals surface area contributed by atoms with Gasteiger partial charge in [-0.3, -0.25) is 14.4 Å². The van der Waals surface area contributed by atoms with Crippen molar-refractivity contribution in [1.82, 2.24) is 19.4 Å². The summed E-state index contributed by atoms with van der Waals surface area (Å²) >= 11 is 1.68. The van der Waals surface area contributed by atoms with Crippen LogP contribution in [0.4, 0.5) is 13.2 Å². The molecule has 1 saturated heterocycles. The van der Waals surface area contributed by atoms with E-state index in [1.54, 1.807) is 23.5 Å². The lowest BCUT2D eigenvalue weighted by Crippen LogP contribution is -2.45. The van der Waals surface area contributed by atoms with E-state index in [-0.39, 0.29) is 5.82 Å². The molecule has 1 aliphatic heterocycles. The number of aromatic nitrogens is 2. The van der Waals surface area contributed by atoms with E-state index in [1.165, 1.54) is 23.3 Å². The van der Waals surface area contributed by atoms with Gasteiger partial charge < -0.3 is 0 Å². The van der Waals surface area contributed by atoms with Crippen LogP contribution in [0, 0.1) is 5.82 Å². The molecule has 4 nitrogen and oxygen atoms in total. The summed E-state index contributed by atoms with van der Waals surface area (Å²) in [6.07, 6.45) is 2.74. The van der Waals surface area contributed by atoms with Gasteiger partial charge in [0.05, 0.1) is 6.54 Å². The van der Waals surface area contributed by atoms with Crippen molar-refractivity contribution < 1.29 is 13.2 Å². The Morgan fingerprint density at radius 3 is 2.46 bits per heavy atom. The van der Waals surface area contributed by atoms with Crippen LogP contribution in [0.15, 0.2) is 48.8 Å².